The number of hydrogen-bond donors (Lipinski definition) is 2. The number of carbonyl (C=O) groups excluding carboxylic acids is 1. The van der Waals surface area contributed by atoms with Crippen LogP contribution in [0.1, 0.15) is 22.6 Å². The van der Waals surface area contributed by atoms with E-state index in [9.17, 15) is 14.7 Å². The lowest BCUT2D eigenvalue weighted by Crippen LogP contribution is -2.35. The van der Waals surface area contributed by atoms with Gasteiger partial charge >= 0.3 is 12.1 Å². The maximum atomic E-state index is 12.3. The molecule has 0 saturated heterocycles. The summed E-state index contributed by atoms with van der Waals surface area (Å²) in [5.41, 5.74) is 5.46. The molecule has 158 valence electrons. The van der Waals surface area contributed by atoms with Crippen LogP contribution in [0, 0.1) is 5.92 Å². The highest BCUT2D eigenvalue weighted by atomic mass is 79.9. The van der Waals surface area contributed by atoms with Gasteiger partial charge in [0.25, 0.3) is 0 Å². The van der Waals surface area contributed by atoms with E-state index in [1.165, 1.54) is 0 Å². The molecule has 1 atom stereocenters. The third-order valence-electron chi connectivity index (χ3n) is 5.61. The number of fused-ring (bicyclic) bond motifs is 3. The van der Waals surface area contributed by atoms with E-state index in [-0.39, 0.29) is 19.1 Å². The third-order valence-corrected chi connectivity index (χ3v) is 6.38. The fourth-order valence-corrected chi connectivity index (χ4v) is 4.48. The van der Waals surface area contributed by atoms with Gasteiger partial charge < -0.3 is 15.2 Å². The third kappa shape index (κ3) is 4.64. The predicted octanol–water partition coefficient (Wildman–Crippen LogP) is 5.23. The summed E-state index contributed by atoms with van der Waals surface area (Å²) in [5, 5.41) is 12.2. The van der Waals surface area contributed by atoms with Crippen LogP contribution in [0.25, 0.3) is 11.1 Å². The molecule has 0 aromatic heterocycles. The van der Waals surface area contributed by atoms with Gasteiger partial charge in [-0.15, -0.1) is 0 Å². The van der Waals surface area contributed by atoms with Crippen LogP contribution in [0.5, 0.6) is 0 Å². The summed E-state index contributed by atoms with van der Waals surface area (Å²) >= 11 is 3.44. The largest absolute Gasteiger partial charge is 0.481 e. The highest BCUT2D eigenvalue weighted by Gasteiger charge is 2.29. The molecule has 4 rings (SSSR count). The van der Waals surface area contributed by atoms with E-state index in [1.807, 2.05) is 48.5 Å². The lowest BCUT2D eigenvalue weighted by atomic mass is 9.98. The van der Waals surface area contributed by atoms with Crippen LogP contribution in [0.2, 0.25) is 0 Å². The summed E-state index contributed by atoms with van der Waals surface area (Å²) in [5.74, 6) is -1.75. The molecule has 31 heavy (non-hydrogen) atoms. The molecule has 3 aromatic carbocycles. The lowest BCUT2D eigenvalue weighted by Gasteiger charge is -2.17. The average Bonchev–Trinajstić information content (AvgIpc) is 3.10. The van der Waals surface area contributed by atoms with Gasteiger partial charge in [0, 0.05) is 16.9 Å². The number of aliphatic carboxylic acids is 1. The van der Waals surface area contributed by atoms with Gasteiger partial charge in [-0.1, -0.05) is 82.7 Å². The number of halogens is 1. The number of carbonyl (C=O) groups is 2. The van der Waals surface area contributed by atoms with Crippen molar-refractivity contribution in [3.63, 3.8) is 0 Å². The Kier molecular flexibility index (Phi) is 6.37. The van der Waals surface area contributed by atoms with E-state index in [4.69, 9.17) is 4.74 Å². The van der Waals surface area contributed by atoms with Crippen LogP contribution in [0.4, 0.5) is 4.79 Å². The Morgan fingerprint density at radius 2 is 1.52 bits per heavy atom. The first-order chi connectivity index (χ1) is 15.0. The molecular weight excluding hydrogens is 458 g/mol. The zero-order valence-corrected chi connectivity index (χ0v) is 18.3. The van der Waals surface area contributed by atoms with Crippen LogP contribution >= 0.6 is 15.9 Å². The normalized spacial score (nSPS) is 13.2. The summed E-state index contributed by atoms with van der Waals surface area (Å²) < 4.78 is 6.34. The quantitative estimate of drug-likeness (QED) is 0.486. The molecule has 1 amide bonds. The Labute approximate surface area is 189 Å². The first-order valence-corrected chi connectivity index (χ1v) is 10.9. The van der Waals surface area contributed by atoms with Gasteiger partial charge in [0.05, 0.1) is 5.92 Å². The van der Waals surface area contributed by atoms with Gasteiger partial charge in [0.1, 0.15) is 6.61 Å². The van der Waals surface area contributed by atoms with Gasteiger partial charge in [-0.2, -0.15) is 0 Å². The molecule has 5 nitrogen and oxygen atoms in total. The van der Waals surface area contributed by atoms with E-state index in [1.54, 1.807) is 0 Å². The Hall–Kier alpha value is -3.12. The average molecular weight is 480 g/mol. The molecule has 2 N–H and O–H groups in total. The Bertz CT molecular complexity index is 1070. The molecule has 1 aliphatic carbocycles. The molecule has 3 aromatic rings. The van der Waals surface area contributed by atoms with E-state index in [0.717, 1.165) is 32.3 Å². The van der Waals surface area contributed by atoms with Gasteiger partial charge in [-0.05, 0) is 40.3 Å². The first-order valence-electron chi connectivity index (χ1n) is 10.1. The second-order valence-electron chi connectivity index (χ2n) is 7.54. The van der Waals surface area contributed by atoms with Gasteiger partial charge in [0.2, 0.25) is 0 Å². The topological polar surface area (TPSA) is 75.6 Å². The molecular formula is C25H22BrNO4. The molecule has 0 heterocycles. The predicted molar refractivity (Wildman–Crippen MR) is 122 cm³/mol. The number of ether oxygens (including phenoxy) is 1. The maximum Gasteiger partial charge on any atom is 0.407 e. The van der Waals surface area contributed by atoms with Crippen LogP contribution in [-0.4, -0.2) is 30.3 Å². The van der Waals surface area contributed by atoms with Crippen LogP contribution in [0.3, 0.4) is 0 Å². The van der Waals surface area contributed by atoms with Crippen molar-refractivity contribution in [3.05, 3.63) is 94.0 Å². The molecule has 0 radical (unpaired) electrons. The number of rotatable bonds is 7. The summed E-state index contributed by atoms with van der Waals surface area (Å²) in [6, 6.07) is 23.7. The minimum atomic E-state index is -0.963. The molecule has 0 bridgehead atoms. The lowest BCUT2D eigenvalue weighted by molar-refractivity contribution is -0.141. The number of benzene rings is 3. The van der Waals surface area contributed by atoms with Gasteiger partial charge in [0.15, 0.2) is 0 Å². The zero-order chi connectivity index (χ0) is 21.8. The molecule has 0 saturated carbocycles. The monoisotopic (exact) mass is 479 g/mol. The molecule has 6 heteroatoms. The van der Waals surface area contributed by atoms with Crippen LogP contribution in [0.15, 0.2) is 77.3 Å². The standard InChI is InChI=1S/C25H22BrNO4/c26-23-12-6-1-7-16(23)13-17(24(28)29)14-27-25(30)31-15-22-20-10-4-2-8-18(20)19-9-3-5-11-21(19)22/h1-12,17,22H,13-15H2,(H,27,30)(H,28,29). The van der Waals surface area contributed by atoms with Gasteiger partial charge in [-0.25, -0.2) is 4.79 Å². The zero-order valence-electron chi connectivity index (χ0n) is 16.8. The van der Waals surface area contributed by atoms with Crippen LogP contribution in [-0.2, 0) is 16.0 Å². The fourth-order valence-electron chi connectivity index (χ4n) is 4.03. The van der Waals surface area contributed by atoms with Crippen molar-refractivity contribution in [2.45, 2.75) is 12.3 Å². The van der Waals surface area contributed by atoms with Crippen LogP contribution < -0.4 is 5.32 Å². The fraction of sp³-hybridized carbons (Fsp3) is 0.200. The number of nitrogens with one attached hydrogen (secondary N) is 1. The molecule has 1 aliphatic rings. The number of amides is 1. The van der Waals surface area contributed by atoms with E-state index >= 15 is 0 Å². The Morgan fingerprint density at radius 3 is 2.13 bits per heavy atom. The Morgan fingerprint density at radius 1 is 0.935 bits per heavy atom. The minimum absolute atomic E-state index is 0.00661. The van der Waals surface area contributed by atoms with Gasteiger partial charge in [-0.3, -0.25) is 4.79 Å². The summed E-state index contributed by atoms with van der Waals surface area (Å²) in [6.07, 6.45) is -0.305. The SMILES string of the molecule is O=C(NCC(Cc1ccccc1Br)C(=O)O)OCC1c2ccccc2-c2ccccc21. The number of carboxylic acids is 1. The number of carboxylic acid groups (broad SMARTS) is 1. The number of hydrogen-bond acceptors (Lipinski definition) is 3. The summed E-state index contributed by atoms with van der Waals surface area (Å²) in [7, 11) is 0. The summed E-state index contributed by atoms with van der Waals surface area (Å²) in [6.45, 7) is 0.190. The molecule has 1 unspecified atom stereocenters. The summed E-state index contributed by atoms with van der Waals surface area (Å²) in [4.78, 5) is 24.0. The molecule has 0 spiro atoms. The minimum Gasteiger partial charge on any atom is -0.481 e. The van der Waals surface area contributed by atoms with Crippen molar-refractivity contribution in [3.8, 4) is 11.1 Å². The second kappa shape index (κ2) is 9.35. The van der Waals surface area contributed by atoms with E-state index in [2.05, 4.69) is 45.5 Å². The first kappa shape index (κ1) is 21.1. The number of alkyl carbamates (subject to hydrolysis) is 1. The molecule has 0 fully saturated rings. The van der Waals surface area contributed by atoms with Crippen molar-refractivity contribution < 1.29 is 19.4 Å². The smallest absolute Gasteiger partial charge is 0.407 e. The van der Waals surface area contributed by atoms with Crippen molar-refractivity contribution in [2.24, 2.45) is 5.92 Å². The molecule has 0 aliphatic heterocycles. The van der Waals surface area contributed by atoms with Crippen molar-refractivity contribution in [1.82, 2.24) is 5.32 Å². The second-order valence-corrected chi connectivity index (χ2v) is 8.39. The highest BCUT2D eigenvalue weighted by Crippen LogP contribution is 2.44. The van der Waals surface area contributed by atoms with E-state index < -0.39 is 18.0 Å². The van der Waals surface area contributed by atoms with Crippen molar-refractivity contribution in [2.75, 3.05) is 13.2 Å². The van der Waals surface area contributed by atoms with E-state index in [0.29, 0.717) is 6.42 Å². The van der Waals surface area contributed by atoms with Crippen molar-refractivity contribution in [1.29, 1.82) is 0 Å². The maximum absolute atomic E-state index is 12.3. The Balaban J connectivity index is 1.37. The highest BCUT2D eigenvalue weighted by molar-refractivity contribution is 9.10. The van der Waals surface area contributed by atoms with Crippen molar-refractivity contribution >= 4 is 28.0 Å².